The van der Waals surface area contributed by atoms with Crippen molar-refractivity contribution in [2.75, 3.05) is 0 Å². The van der Waals surface area contributed by atoms with Crippen molar-refractivity contribution in [2.24, 2.45) is 16.3 Å². The van der Waals surface area contributed by atoms with Gasteiger partial charge in [-0.15, -0.1) is 0 Å². The summed E-state index contributed by atoms with van der Waals surface area (Å²) in [6.45, 7) is 5.75. The molecule has 1 saturated carbocycles. The molecular formula is C19H19Cl2NO3. The summed E-state index contributed by atoms with van der Waals surface area (Å²) in [4.78, 5) is 29.3. The normalized spacial score (nSPS) is 25.5. The number of nitrogens with zero attached hydrogens (tertiary/aromatic N) is 1. The Morgan fingerprint density at radius 1 is 1.20 bits per heavy atom. The van der Waals surface area contributed by atoms with Gasteiger partial charge in [-0.25, -0.2) is 4.79 Å². The summed E-state index contributed by atoms with van der Waals surface area (Å²) < 4.78 is 0. The average Bonchev–Trinajstić information content (AvgIpc) is 2.46. The highest BCUT2D eigenvalue weighted by atomic mass is 35.5. The maximum Gasteiger partial charge on any atom is 0.334 e. The maximum absolute atomic E-state index is 12.9. The number of hydrogen-bond donors (Lipinski definition) is 1. The summed E-state index contributed by atoms with van der Waals surface area (Å²) in [5, 5.41) is 10.5. The molecule has 0 aromatic heterocycles. The number of aliphatic carboxylic acids is 1. The molecule has 25 heavy (non-hydrogen) atoms. The van der Waals surface area contributed by atoms with Crippen LogP contribution < -0.4 is 0 Å². The van der Waals surface area contributed by atoms with Gasteiger partial charge in [0.15, 0.2) is 0 Å². The van der Waals surface area contributed by atoms with Crippen LogP contribution in [0.25, 0.3) is 0 Å². The van der Waals surface area contributed by atoms with E-state index in [1.165, 1.54) is 0 Å². The van der Waals surface area contributed by atoms with Gasteiger partial charge < -0.3 is 5.11 Å². The average molecular weight is 380 g/mol. The Bertz CT molecular complexity index is 839. The molecule has 6 heteroatoms. The van der Waals surface area contributed by atoms with Gasteiger partial charge in [0, 0.05) is 23.7 Å². The number of carbonyl (C=O) groups excluding carboxylic acids is 1. The molecule has 1 aromatic carbocycles. The first kappa shape index (κ1) is 18.2. The number of ketones is 1. The van der Waals surface area contributed by atoms with Crippen molar-refractivity contribution in [1.82, 2.24) is 0 Å². The summed E-state index contributed by atoms with van der Waals surface area (Å²) in [6, 6.07) is 5.03. The van der Waals surface area contributed by atoms with E-state index in [1.807, 2.05) is 13.8 Å². The van der Waals surface area contributed by atoms with Crippen LogP contribution in [0.3, 0.4) is 0 Å². The van der Waals surface area contributed by atoms with Crippen LogP contribution in [0.2, 0.25) is 10.0 Å². The molecular weight excluding hydrogens is 361 g/mol. The third-order valence-corrected chi connectivity index (χ3v) is 5.64. The lowest BCUT2D eigenvalue weighted by molar-refractivity contribution is -0.133. The number of rotatable bonds is 2. The Hall–Kier alpha value is -1.65. The second kappa shape index (κ2) is 6.26. The van der Waals surface area contributed by atoms with Crippen molar-refractivity contribution in [2.45, 2.75) is 39.5 Å². The molecule has 0 radical (unpaired) electrons. The summed E-state index contributed by atoms with van der Waals surface area (Å²) in [5.74, 6) is -2.19. The SMILES string of the molecule is CC1=C(C(=O)O)C(c2ccc(Cl)c(Cl)c2)C2C(=O)CC(C)(C)CC2=N1. The van der Waals surface area contributed by atoms with Crippen LogP contribution >= 0.6 is 23.2 Å². The largest absolute Gasteiger partial charge is 0.478 e. The molecule has 1 aliphatic heterocycles. The monoisotopic (exact) mass is 379 g/mol. The molecule has 1 N–H and O–H groups in total. The van der Waals surface area contributed by atoms with Gasteiger partial charge in [-0.2, -0.15) is 0 Å². The van der Waals surface area contributed by atoms with Crippen LogP contribution in [0.15, 0.2) is 34.5 Å². The van der Waals surface area contributed by atoms with Crippen molar-refractivity contribution < 1.29 is 14.7 Å². The Morgan fingerprint density at radius 3 is 2.48 bits per heavy atom. The fourth-order valence-electron chi connectivity index (χ4n) is 3.94. The molecule has 0 spiro atoms. The minimum atomic E-state index is -1.06. The predicted octanol–water partition coefficient (Wildman–Crippen LogP) is 4.90. The minimum absolute atomic E-state index is 0.0253. The topological polar surface area (TPSA) is 66.7 Å². The van der Waals surface area contributed by atoms with Crippen molar-refractivity contribution in [1.29, 1.82) is 0 Å². The van der Waals surface area contributed by atoms with E-state index >= 15 is 0 Å². The second-order valence-corrected chi connectivity index (χ2v) is 8.33. The Morgan fingerprint density at radius 2 is 1.88 bits per heavy atom. The molecule has 3 rings (SSSR count). The highest BCUT2D eigenvalue weighted by molar-refractivity contribution is 6.42. The van der Waals surface area contributed by atoms with Crippen LogP contribution in [0.4, 0.5) is 0 Å². The van der Waals surface area contributed by atoms with E-state index in [-0.39, 0.29) is 16.8 Å². The Kier molecular flexibility index (Phi) is 4.54. The van der Waals surface area contributed by atoms with Crippen molar-refractivity contribution in [3.8, 4) is 0 Å². The van der Waals surface area contributed by atoms with Gasteiger partial charge in [0.25, 0.3) is 0 Å². The van der Waals surface area contributed by atoms with Crippen LogP contribution in [-0.2, 0) is 9.59 Å². The molecule has 1 fully saturated rings. The quantitative estimate of drug-likeness (QED) is 0.794. The van der Waals surface area contributed by atoms with E-state index in [0.29, 0.717) is 34.1 Å². The first-order valence-electron chi connectivity index (χ1n) is 8.10. The molecule has 1 aliphatic carbocycles. The van der Waals surface area contributed by atoms with E-state index in [9.17, 15) is 14.7 Å². The molecule has 2 aliphatic rings. The van der Waals surface area contributed by atoms with Gasteiger partial charge in [0.05, 0.1) is 21.5 Å². The number of allylic oxidation sites excluding steroid dienone is 1. The van der Waals surface area contributed by atoms with E-state index in [1.54, 1.807) is 25.1 Å². The number of Topliss-reactive ketones (excluding diaryl/α,β-unsaturated/α-hetero) is 1. The fraction of sp³-hybridized carbons (Fsp3) is 0.421. The molecule has 2 unspecified atom stereocenters. The first-order valence-corrected chi connectivity index (χ1v) is 8.85. The van der Waals surface area contributed by atoms with Crippen LogP contribution in [-0.4, -0.2) is 22.6 Å². The van der Waals surface area contributed by atoms with Crippen LogP contribution in [0, 0.1) is 11.3 Å². The lowest BCUT2D eigenvalue weighted by Crippen LogP contribution is -2.43. The van der Waals surface area contributed by atoms with Gasteiger partial charge in [-0.3, -0.25) is 9.79 Å². The third kappa shape index (κ3) is 3.25. The molecule has 0 amide bonds. The zero-order chi connectivity index (χ0) is 18.5. The van der Waals surface area contributed by atoms with Crippen molar-refractivity contribution in [3.63, 3.8) is 0 Å². The first-order chi connectivity index (χ1) is 11.6. The zero-order valence-electron chi connectivity index (χ0n) is 14.3. The molecule has 2 atom stereocenters. The molecule has 132 valence electrons. The summed E-state index contributed by atoms with van der Waals surface area (Å²) >= 11 is 12.1. The number of benzene rings is 1. The van der Waals surface area contributed by atoms with Gasteiger partial charge >= 0.3 is 5.97 Å². The molecule has 4 nitrogen and oxygen atoms in total. The number of halogens is 2. The smallest absolute Gasteiger partial charge is 0.334 e. The van der Waals surface area contributed by atoms with E-state index in [0.717, 1.165) is 5.71 Å². The molecule has 1 heterocycles. The predicted molar refractivity (Wildman–Crippen MR) is 98.5 cm³/mol. The van der Waals surface area contributed by atoms with Crippen molar-refractivity contribution >= 4 is 40.7 Å². The number of aliphatic imine (C=N–C) groups is 1. The zero-order valence-corrected chi connectivity index (χ0v) is 15.8. The molecule has 1 aromatic rings. The highest BCUT2D eigenvalue weighted by Crippen LogP contribution is 2.47. The van der Waals surface area contributed by atoms with E-state index in [2.05, 4.69) is 4.99 Å². The summed E-state index contributed by atoms with van der Waals surface area (Å²) in [5.41, 5.74) is 1.87. The number of carbonyl (C=O) groups is 2. The molecule has 0 saturated heterocycles. The van der Waals surface area contributed by atoms with Gasteiger partial charge in [-0.1, -0.05) is 43.1 Å². The lowest BCUT2D eigenvalue weighted by Gasteiger charge is -2.40. The Balaban J connectivity index is 2.20. The number of hydrogen-bond acceptors (Lipinski definition) is 3. The van der Waals surface area contributed by atoms with E-state index < -0.39 is 17.8 Å². The molecule has 0 bridgehead atoms. The standard InChI is InChI=1S/C19H19Cl2NO3/c1-9-15(18(24)25)16(10-4-5-11(20)12(21)6-10)17-13(22-9)7-19(2,3)8-14(17)23/h4-6,16-17H,7-8H2,1-3H3,(H,24,25). The van der Waals surface area contributed by atoms with Gasteiger partial charge in [0.1, 0.15) is 5.78 Å². The maximum atomic E-state index is 12.9. The van der Waals surface area contributed by atoms with Crippen LogP contribution in [0.5, 0.6) is 0 Å². The summed E-state index contributed by atoms with van der Waals surface area (Å²) in [6.07, 6.45) is 1.08. The van der Waals surface area contributed by atoms with Gasteiger partial charge in [0.2, 0.25) is 0 Å². The number of carboxylic acids is 1. The Labute approximate surface area is 156 Å². The highest BCUT2D eigenvalue weighted by Gasteiger charge is 2.47. The second-order valence-electron chi connectivity index (χ2n) is 7.52. The minimum Gasteiger partial charge on any atom is -0.478 e. The third-order valence-electron chi connectivity index (χ3n) is 4.90. The summed E-state index contributed by atoms with van der Waals surface area (Å²) in [7, 11) is 0. The van der Waals surface area contributed by atoms with Gasteiger partial charge in [-0.05, 0) is 36.5 Å². The number of carboxylic acid groups (broad SMARTS) is 1. The fourth-order valence-corrected chi connectivity index (χ4v) is 4.24. The number of fused-ring (bicyclic) bond motifs is 1. The van der Waals surface area contributed by atoms with Crippen molar-refractivity contribution in [3.05, 3.63) is 45.1 Å². The van der Waals surface area contributed by atoms with E-state index in [4.69, 9.17) is 23.2 Å². The van der Waals surface area contributed by atoms with Crippen LogP contribution in [0.1, 0.15) is 45.1 Å². The lowest BCUT2D eigenvalue weighted by atomic mass is 9.63.